The van der Waals surface area contributed by atoms with Crippen LogP contribution in [0.5, 0.6) is 17.2 Å². The van der Waals surface area contributed by atoms with Crippen molar-refractivity contribution < 1.29 is 19.0 Å². The van der Waals surface area contributed by atoms with Crippen molar-refractivity contribution in [1.82, 2.24) is 0 Å². The van der Waals surface area contributed by atoms with E-state index in [9.17, 15) is 9.50 Å². The third kappa shape index (κ3) is 1.65. The number of aromatic hydroxyl groups is 1. The van der Waals surface area contributed by atoms with Crippen molar-refractivity contribution in [1.29, 1.82) is 0 Å². The molecular formula is C13H13FO3. The smallest absolute Gasteiger partial charge is 0.169 e. The van der Waals surface area contributed by atoms with Crippen LogP contribution in [0.15, 0.2) is 18.2 Å². The summed E-state index contributed by atoms with van der Waals surface area (Å²) in [6.07, 6.45) is 0. The Morgan fingerprint density at radius 1 is 1.18 bits per heavy atom. The molecule has 0 bridgehead atoms. The van der Waals surface area contributed by atoms with E-state index < -0.39 is 5.82 Å². The molecule has 0 amide bonds. The molecule has 0 unspecified atom stereocenters. The van der Waals surface area contributed by atoms with Crippen LogP contribution in [0.2, 0.25) is 0 Å². The topological polar surface area (TPSA) is 38.7 Å². The van der Waals surface area contributed by atoms with Crippen molar-refractivity contribution in [2.45, 2.75) is 6.92 Å². The first-order valence-electron chi connectivity index (χ1n) is 5.13. The zero-order valence-corrected chi connectivity index (χ0v) is 9.87. The van der Waals surface area contributed by atoms with Gasteiger partial charge in [-0.15, -0.1) is 0 Å². The monoisotopic (exact) mass is 236 g/mol. The van der Waals surface area contributed by atoms with E-state index >= 15 is 0 Å². The van der Waals surface area contributed by atoms with E-state index in [-0.39, 0.29) is 11.5 Å². The predicted molar refractivity (Wildman–Crippen MR) is 63.4 cm³/mol. The maximum absolute atomic E-state index is 13.8. The SMILES string of the molecule is COc1cc(F)c(OC)c2c(O)c(C)ccc12. The molecule has 3 nitrogen and oxygen atoms in total. The van der Waals surface area contributed by atoms with E-state index in [1.54, 1.807) is 19.1 Å². The number of hydrogen-bond donors (Lipinski definition) is 1. The minimum absolute atomic E-state index is 0.0113. The number of methoxy groups -OCH3 is 2. The second-order valence-corrected chi connectivity index (χ2v) is 3.75. The second-order valence-electron chi connectivity index (χ2n) is 3.75. The van der Waals surface area contributed by atoms with Crippen LogP contribution in [0.1, 0.15) is 5.56 Å². The van der Waals surface area contributed by atoms with Gasteiger partial charge in [0, 0.05) is 11.5 Å². The molecule has 0 aliphatic rings. The number of hydrogen-bond acceptors (Lipinski definition) is 3. The van der Waals surface area contributed by atoms with Crippen molar-refractivity contribution in [2.24, 2.45) is 0 Å². The highest BCUT2D eigenvalue weighted by molar-refractivity contribution is 5.98. The first kappa shape index (κ1) is 11.5. The lowest BCUT2D eigenvalue weighted by atomic mass is 10.0. The molecule has 0 radical (unpaired) electrons. The minimum Gasteiger partial charge on any atom is -0.507 e. The van der Waals surface area contributed by atoms with Crippen molar-refractivity contribution in [3.63, 3.8) is 0 Å². The van der Waals surface area contributed by atoms with Crippen LogP contribution in [-0.2, 0) is 0 Å². The molecule has 90 valence electrons. The zero-order valence-electron chi connectivity index (χ0n) is 9.87. The molecule has 0 atom stereocenters. The van der Waals surface area contributed by atoms with Crippen molar-refractivity contribution >= 4 is 10.8 Å². The zero-order chi connectivity index (χ0) is 12.6. The molecule has 0 heterocycles. The van der Waals surface area contributed by atoms with E-state index in [1.807, 2.05) is 0 Å². The number of aryl methyl sites for hydroxylation is 1. The van der Waals surface area contributed by atoms with Crippen LogP contribution in [0.25, 0.3) is 10.8 Å². The lowest BCUT2D eigenvalue weighted by Gasteiger charge is -2.13. The molecule has 1 N–H and O–H groups in total. The third-order valence-electron chi connectivity index (χ3n) is 2.77. The van der Waals surface area contributed by atoms with Crippen LogP contribution in [0, 0.1) is 12.7 Å². The number of halogens is 1. The summed E-state index contributed by atoms with van der Waals surface area (Å²) in [7, 11) is 2.82. The maximum atomic E-state index is 13.8. The van der Waals surface area contributed by atoms with Gasteiger partial charge in [0.2, 0.25) is 0 Å². The highest BCUT2D eigenvalue weighted by atomic mass is 19.1. The van der Waals surface area contributed by atoms with E-state index in [1.165, 1.54) is 20.3 Å². The highest BCUT2D eigenvalue weighted by Crippen LogP contribution is 2.41. The molecule has 0 aliphatic heterocycles. The molecule has 2 aromatic carbocycles. The van der Waals surface area contributed by atoms with E-state index in [4.69, 9.17) is 9.47 Å². The van der Waals surface area contributed by atoms with Gasteiger partial charge < -0.3 is 14.6 Å². The van der Waals surface area contributed by atoms with Crippen molar-refractivity contribution in [3.8, 4) is 17.2 Å². The number of phenolic OH excluding ortho intramolecular Hbond substituents is 1. The first-order chi connectivity index (χ1) is 8.10. The molecule has 0 fully saturated rings. The molecule has 4 heteroatoms. The molecule has 0 spiro atoms. The fourth-order valence-electron chi connectivity index (χ4n) is 1.88. The summed E-state index contributed by atoms with van der Waals surface area (Å²) in [5.74, 6) is -0.148. The molecule has 2 rings (SSSR count). The van der Waals surface area contributed by atoms with Gasteiger partial charge in [-0.05, 0) is 18.6 Å². The molecule has 17 heavy (non-hydrogen) atoms. The standard InChI is InChI=1S/C13H13FO3/c1-7-4-5-8-10(16-2)6-9(14)13(17-3)11(8)12(7)15/h4-6,15H,1-3H3. The largest absolute Gasteiger partial charge is 0.507 e. The lowest BCUT2D eigenvalue weighted by molar-refractivity contribution is 0.381. The normalized spacial score (nSPS) is 10.6. The average Bonchev–Trinajstić information content (AvgIpc) is 2.33. The Labute approximate surface area is 98.4 Å². The van der Waals surface area contributed by atoms with Gasteiger partial charge in [0.15, 0.2) is 11.6 Å². The number of phenols is 1. The van der Waals surface area contributed by atoms with Gasteiger partial charge in [0.1, 0.15) is 11.5 Å². The predicted octanol–water partition coefficient (Wildman–Crippen LogP) is 3.01. The Morgan fingerprint density at radius 3 is 2.47 bits per heavy atom. The fraction of sp³-hybridized carbons (Fsp3) is 0.231. The number of ether oxygens (including phenoxy) is 2. The molecule has 2 aromatic rings. The maximum Gasteiger partial charge on any atom is 0.169 e. The summed E-state index contributed by atoms with van der Waals surface area (Å²) in [5, 5.41) is 11.0. The summed E-state index contributed by atoms with van der Waals surface area (Å²) in [6.45, 7) is 1.74. The quantitative estimate of drug-likeness (QED) is 0.871. The van der Waals surface area contributed by atoms with Gasteiger partial charge in [-0.3, -0.25) is 0 Å². The molecule has 0 aromatic heterocycles. The van der Waals surface area contributed by atoms with Gasteiger partial charge >= 0.3 is 0 Å². The van der Waals surface area contributed by atoms with Gasteiger partial charge in [0.05, 0.1) is 19.6 Å². The van der Waals surface area contributed by atoms with Gasteiger partial charge in [-0.2, -0.15) is 0 Å². The van der Waals surface area contributed by atoms with Crippen LogP contribution in [-0.4, -0.2) is 19.3 Å². The van der Waals surface area contributed by atoms with Crippen LogP contribution < -0.4 is 9.47 Å². The number of rotatable bonds is 2. The Bertz CT molecular complexity index is 579. The van der Waals surface area contributed by atoms with Crippen molar-refractivity contribution in [2.75, 3.05) is 14.2 Å². The van der Waals surface area contributed by atoms with Gasteiger partial charge in [0.25, 0.3) is 0 Å². The summed E-state index contributed by atoms with van der Waals surface area (Å²) >= 11 is 0. The second kappa shape index (κ2) is 4.13. The fourth-order valence-corrected chi connectivity index (χ4v) is 1.88. The average molecular weight is 236 g/mol. The number of benzene rings is 2. The van der Waals surface area contributed by atoms with E-state index in [0.29, 0.717) is 22.1 Å². The lowest BCUT2D eigenvalue weighted by Crippen LogP contribution is -1.94. The van der Waals surface area contributed by atoms with Gasteiger partial charge in [-0.25, -0.2) is 4.39 Å². The van der Waals surface area contributed by atoms with Crippen LogP contribution in [0.3, 0.4) is 0 Å². The first-order valence-corrected chi connectivity index (χ1v) is 5.13. The molecular weight excluding hydrogens is 223 g/mol. The van der Waals surface area contributed by atoms with E-state index in [0.717, 1.165) is 0 Å². The Kier molecular flexibility index (Phi) is 2.79. The Morgan fingerprint density at radius 2 is 1.88 bits per heavy atom. The van der Waals surface area contributed by atoms with Crippen LogP contribution >= 0.6 is 0 Å². The third-order valence-corrected chi connectivity index (χ3v) is 2.77. The summed E-state index contributed by atoms with van der Waals surface area (Å²) in [4.78, 5) is 0. The summed E-state index contributed by atoms with van der Waals surface area (Å²) in [6, 6.07) is 4.76. The van der Waals surface area contributed by atoms with Gasteiger partial charge in [-0.1, -0.05) is 6.07 Å². The molecule has 0 saturated carbocycles. The molecule has 0 saturated heterocycles. The highest BCUT2D eigenvalue weighted by Gasteiger charge is 2.17. The number of fused-ring (bicyclic) bond motifs is 1. The minimum atomic E-state index is -0.558. The Hall–Kier alpha value is -1.97. The Balaban J connectivity index is 2.98. The van der Waals surface area contributed by atoms with Crippen LogP contribution in [0.4, 0.5) is 4.39 Å². The summed E-state index contributed by atoms with van der Waals surface area (Å²) < 4.78 is 23.9. The summed E-state index contributed by atoms with van der Waals surface area (Å²) in [5.41, 5.74) is 0.656. The van der Waals surface area contributed by atoms with E-state index in [2.05, 4.69) is 0 Å². The molecule has 0 aliphatic carbocycles. The van der Waals surface area contributed by atoms with Crippen molar-refractivity contribution in [3.05, 3.63) is 29.6 Å².